The lowest BCUT2D eigenvalue weighted by molar-refractivity contribution is -0.162. The lowest BCUT2D eigenvalue weighted by Crippen LogP contribution is -2.38. The van der Waals surface area contributed by atoms with Crippen LogP contribution in [0.1, 0.15) is 78.1 Å². The van der Waals surface area contributed by atoms with Crippen LogP contribution < -0.4 is 0 Å². The second-order valence-electron chi connectivity index (χ2n) is 9.67. The molecule has 3 aliphatic rings. The normalized spacial score (nSPS) is 32.8. The number of carbonyl (C=O) groups excluding carboxylic acids is 3. The molecule has 0 N–H and O–H groups in total. The van der Waals surface area contributed by atoms with E-state index in [4.69, 9.17) is 14.2 Å². The van der Waals surface area contributed by atoms with Gasteiger partial charge in [0, 0.05) is 11.1 Å². The summed E-state index contributed by atoms with van der Waals surface area (Å²) in [6.07, 6.45) is 8.11. The highest BCUT2D eigenvalue weighted by Gasteiger charge is 2.40. The third-order valence-electron chi connectivity index (χ3n) is 7.05. The third kappa shape index (κ3) is 6.44. The Morgan fingerprint density at radius 1 is 0.613 bits per heavy atom. The third-order valence-corrected chi connectivity index (χ3v) is 7.05. The molecule has 0 aromatic carbocycles. The van der Waals surface area contributed by atoms with Crippen LogP contribution in [0.5, 0.6) is 0 Å². The summed E-state index contributed by atoms with van der Waals surface area (Å²) >= 11 is 0. The molecule has 0 aromatic rings. The lowest BCUT2D eigenvalue weighted by Gasteiger charge is -2.41. The van der Waals surface area contributed by atoms with Crippen molar-refractivity contribution in [1.82, 2.24) is 0 Å². The molecule has 0 spiro atoms. The lowest BCUT2D eigenvalue weighted by atomic mass is 9.67. The smallest absolute Gasteiger partial charge is 0.333 e. The second kappa shape index (κ2) is 10.5. The van der Waals surface area contributed by atoms with Crippen LogP contribution in [0.25, 0.3) is 0 Å². The molecule has 0 aliphatic heterocycles. The first kappa shape index (κ1) is 23.6. The van der Waals surface area contributed by atoms with Crippen molar-refractivity contribution in [3.8, 4) is 0 Å². The van der Waals surface area contributed by atoms with Crippen LogP contribution in [0.3, 0.4) is 0 Å². The average molecular weight is 433 g/mol. The number of fused-ring (bicyclic) bond motifs is 1. The second-order valence-corrected chi connectivity index (χ2v) is 9.67. The maximum atomic E-state index is 12.8. The van der Waals surface area contributed by atoms with E-state index >= 15 is 0 Å². The van der Waals surface area contributed by atoms with E-state index in [1.54, 1.807) is 13.8 Å². The molecule has 0 amide bonds. The molecule has 31 heavy (non-hydrogen) atoms. The van der Waals surface area contributed by atoms with Gasteiger partial charge in [-0.3, -0.25) is 4.79 Å². The Bertz CT molecular complexity index is 718. The molecule has 0 bridgehead atoms. The van der Waals surface area contributed by atoms with E-state index < -0.39 is 0 Å². The Hall–Kier alpha value is -2.11. The summed E-state index contributed by atoms with van der Waals surface area (Å²) in [6.45, 7) is 10.6. The van der Waals surface area contributed by atoms with Gasteiger partial charge in [0.25, 0.3) is 0 Å². The Balaban J connectivity index is 1.40. The number of carbonyl (C=O) groups is 3. The van der Waals surface area contributed by atoms with E-state index in [2.05, 4.69) is 13.2 Å². The molecule has 172 valence electrons. The van der Waals surface area contributed by atoms with Gasteiger partial charge >= 0.3 is 17.9 Å². The first-order valence-corrected chi connectivity index (χ1v) is 11.7. The predicted molar refractivity (Wildman–Crippen MR) is 116 cm³/mol. The van der Waals surface area contributed by atoms with Crippen LogP contribution in [-0.4, -0.2) is 36.2 Å². The minimum atomic E-state index is -0.346. The minimum Gasteiger partial charge on any atom is -0.462 e. The molecular formula is C25H36O6. The molecule has 6 nitrogen and oxygen atoms in total. The summed E-state index contributed by atoms with van der Waals surface area (Å²) in [6, 6.07) is 0. The molecule has 0 heterocycles. The van der Waals surface area contributed by atoms with Crippen LogP contribution in [0.4, 0.5) is 0 Å². The average Bonchev–Trinajstić information content (AvgIpc) is 2.74. The highest BCUT2D eigenvalue weighted by Crippen LogP contribution is 2.44. The van der Waals surface area contributed by atoms with Gasteiger partial charge in [0.15, 0.2) is 0 Å². The maximum Gasteiger partial charge on any atom is 0.333 e. The summed E-state index contributed by atoms with van der Waals surface area (Å²) in [5.41, 5.74) is 0.851. The van der Waals surface area contributed by atoms with Crippen LogP contribution in [0.2, 0.25) is 0 Å². The molecule has 3 fully saturated rings. The van der Waals surface area contributed by atoms with E-state index in [-0.39, 0.29) is 42.1 Å². The fourth-order valence-electron chi connectivity index (χ4n) is 5.20. The van der Waals surface area contributed by atoms with Crippen LogP contribution in [-0.2, 0) is 28.6 Å². The zero-order chi connectivity index (χ0) is 22.5. The Morgan fingerprint density at radius 2 is 1.06 bits per heavy atom. The van der Waals surface area contributed by atoms with Crippen LogP contribution >= 0.6 is 0 Å². The van der Waals surface area contributed by atoms with Crippen LogP contribution in [0.15, 0.2) is 24.3 Å². The molecule has 3 saturated carbocycles. The van der Waals surface area contributed by atoms with E-state index in [0.29, 0.717) is 23.0 Å². The standard InChI is InChI=1S/C25H36O6/c1-15(2)23(26)29-20-9-11-21(12-10-20)30-25(28)19-6-5-18-14-22(8-7-17(18)13-19)31-24(27)16(3)4/h17-22H,1,3,5-14H2,2,4H3. The predicted octanol–water partition coefficient (Wildman–Crippen LogP) is 4.66. The van der Waals surface area contributed by atoms with E-state index in [0.717, 1.165) is 64.2 Å². The van der Waals surface area contributed by atoms with Crippen molar-refractivity contribution >= 4 is 17.9 Å². The van der Waals surface area contributed by atoms with Gasteiger partial charge in [-0.25, -0.2) is 9.59 Å². The fraction of sp³-hybridized carbons (Fsp3) is 0.720. The summed E-state index contributed by atoms with van der Waals surface area (Å²) in [7, 11) is 0. The van der Waals surface area contributed by atoms with Gasteiger partial charge in [0.2, 0.25) is 0 Å². The number of hydrogen-bond acceptors (Lipinski definition) is 6. The summed E-state index contributed by atoms with van der Waals surface area (Å²) in [4.78, 5) is 36.2. The van der Waals surface area contributed by atoms with Crippen molar-refractivity contribution in [2.45, 2.75) is 96.4 Å². The monoisotopic (exact) mass is 432 g/mol. The molecule has 0 saturated heterocycles. The topological polar surface area (TPSA) is 78.9 Å². The van der Waals surface area contributed by atoms with Crippen molar-refractivity contribution in [2.24, 2.45) is 17.8 Å². The van der Waals surface area contributed by atoms with Gasteiger partial charge in [-0.2, -0.15) is 0 Å². The van der Waals surface area contributed by atoms with Crippen molar-refractivity contribution in [3.05, 3.63) is 24.3 Å². The minimum absolute atomic E-state index is 0.0249. The number of hydrogen-bond donors (Lipinski definition) is 0. The van der Waals surface area contributed by atoms with E-state index in [1.165, 1.54) is 0 Å². The van der Waals surface area contributed by atoms with Gasteiger partial charge in [-0.1, -0.05) is 13.2 Å². The largest absolute Gasteiger partial charge is 0.462 e. The number of esters is 3. The van der Waals surface area contributed by atoms with Gasteiger partial charge in [-0.05, 0) is 89.9 Å². The summed E-state index contributed by atoms with van der Waals surface area (Å²) < 4.78 is 16.8. The fourth-order valence-corrected chi connectivity index (χ4v) is 5.20. The first-order valence-electron chi connectivity index (χ1n) is 11.7. The van der Waals surface area contributed by atoms with Crippen molar-refractivity contribution in [1.29, 1.82) is 0 Å². The molecule has 3 aliphatic carbocycles. The summed E-state index contributed by atoms with van der Waals surface area (Å²) in [5, 5.41) is 0. The molecule has 0 radical (unpaired) electrons. The van der Waals surface area contributed by atoms with Gasteiger partial charge in [-0.15, -0.1) is 0 Å². The quantitative estimate of drug-likeness (QED) is 0.345. The molecule has 4 unspecified atom stereocenters. The SMILES string of the molecule is C=C(C)C(=O)OC1CCC(OC(=O)C2CCC3CC(OC(=O)C(=C)C)CCC3C2)CC1. The summed E-state index contributed by atoms with van der Waals surface area (Å²) in [5.74, 6) is 0.264. The van der Waals surface area contributed by atoms with Crippen molar-refractivity contribution in [3.63, 3.8) is 0 Å². The highest BCUT2D eigenvalue weighted by molar-refractivity contribution is 5.87. The Kier molecular flexibility index (Phi) is 7.95. The van der Waals surface area contributed by atoms with Gasteiger partial charge in [0.1, 0.15) is 18.3 Å². The van der Waals surface area contributed by atoms with E-state index in [1.807, 2.05) is 0 Å². The van der Waals surface area contributed by atoms with Gasteiger partial charge < -0.3 is 14.2 Å². The molecular weight excluding hydrogens is 396 g/mol. The number of ether oxygens (including phenoxy) is 3. The van der Waals surface area contributed by atoms with Gasteiger partial charge in [0.05, 0.1) is 5.92 Å². The van der Waals surface area contributed by atoms with Crippen LogP contribution in [0, 0.1) is 17.8 Å². The molecule has 0 aromatic heterocycles. The molecule has 4 atom stereocenters. The molecule has 3 rings (SSSR count). The zero-order valence-corrected chi connectivity index (χ0v) is 18.9. The van der Waals surface area contributed by atoms with E-state index in [9.17, 15) is 14.4 Å². The zero-order valence-electron chi connectivity index (χ0n) is 18.9. The Morgan fingerprint density at radius 3 is 1.65 bits per heavy atom. The van der Waals surface area contributed by atoms with Crippen molar-refractivity contribution in [2.75, 3.05) is 0 Å². The number of rotatable bonds is 6. The molecule has 6 heteroatoms. The Labute approximate surface area is 185 Å². The maximum absolute atomic E-state index is 12.8. The first-order chi connectivity index (χ1) is 14.7. The van der Waals surface area contributed by atoms with Crippen molar-refractivity contribution < 1.29 is 28.6 Å². The highest BCUT2D eigenvalue weighted by atomic mass is 16.6.